The Kier molecular flexibility index (Phi) is 8.60. The molecule has 0 spiro atoms. The van der Waals surface area contributed by atoms with Crippen LogP contribution >= 0.6 is 0 Å². The molecule has 3 aromatic rings. The van der Waals surface area contributed by atoms with Crippen LogP contribution in [0.5, 0.6) is 23.0 Å². The number of fused-ring (bicyclic) bond motifs is 4. The van der Waals surface area contributed by atoms with Gasteiger partial charge in [-0.1, -0.05) is 11.1 Å². The van der Waals surface area contributed by atoms with Crippen molar-refractivity contribution in [3.05, 3.63) is 93.8 Å². The van der Waals surface area contributed by atoms with Crippen LogP contribution in [0.3, 0.4) is 0 Å². The Morgan fingerprint density at radius 2 is 1.14 bits per heavy atom. The molecule has 4 aliphatic heterocycles. The van der Waals surface area contributed by atoms with Crippen LogP contribution in [0.4, 0.5) is 11.4 Å². The summed E-state index contributed by atoms with van der Waals surface area (Å²) in [6.07, 6.45) is 8.75. The van der Waals surface area contributed by atoms with Gasteiger partial charge in [0, 0.05) is 37.0 Å². The third kappa shape index (κ3) is 6.08. The molecule has 4 heterocycles. The Morgan fingerprint density at radius 1 is 0.680 bits per heavy atom. The lowest BCUT2D eigenvalue weighted by molar-refractivity contribution is 0.0599. The average molecular weight is 677 g/mol. The quantitative estimate of drug-likeness (QED) is 0.241. The standard InChI is InChI=1S/C38H36N4O8/c1-21-6-26-15-39-30-13-34(32(46-3)11-28(30)36(43)41(26)17-21)49-19-23-8-24(10-25(9-23)38(45)48-5)20-50-35-14-31-29(12-33(35)47-4)37(44)42-18-22(2)7-27(42)16-40-31/h8-18,26-27H,6-7,19-20H2,1-5H3/t26-,27-/m0/s1. The zero-order valence-corrected chi connectivity index (χ0v) is 28.4. The van der Waals surface area contributed by atoms with Crippen molar-refractivity contribution in [2.45, 2.75) is 52.0 Å². The second-order valence-electron chi connectivity index (χ2n) is 12.6. The summed E-state index contributed by atoms with van der Waals surface area (Å²) in [5.74, 6) is 0.703. The molecular formula is C38H36N4O8. The highest BCUT2D eigenvalue weighted by atomic mass is 16.5. The smallest absolute Gasteiger partial charge is 0.337 e. The molecule has 256 valence electrons. The summed E-state index contributed by atoms with van der Waals surface area (Å²) in [4.78, 5) is 52.0. The van der Waals surface area contributed by atoms with Gasteiger partial charge in [0.05, 0.1) is 61.5 Å². The third-order valence-electron chi connectivity index (χ3n) is 9.02. The summed E-state index contributed by atoms with van der Waals surface area (Å²) >= 11 is 0. The van der Waals surface area contributed by atoms with Gasteiger partial charge in [-0.15, -0.1) is 0 Å². The highest BCUT2D eigenvalue weighted by Crippen LogP contribution is 2.40. The van der Waals surface area contributed by atoms with E-state index in [0.717, 1.165) is 24.0 Å². The molecule has 0 N–H and O–H groups in total. The van der Waals surface area contributed by atoms with Gasteiger partial charge in [0.2, 0.25) is 0 Å². The second-order valence-corrected chi connectivity index (χ2v) is 12.6. The lowest BCUT2D eigenvalue weighted by Gasteiger charge is -2.19. The number of aliphatic imine (C=N–C) groups is 2. The predicted molar refractivity (Wildman–Crippen MR) is 185 cm³/mol. The van der Waals surface area contributed by atoms with E-state index in [2.05, 4.69) is 9.98 Å². The van der Waals surface area contributed by atoms with Crippen molar-refractivity contribution in [2.75, 3.05) is 21.3 Å². The van der Waals surface area contributed by atoms with E-state index in [4.69, 9.17) is 23.7 Å². The fourth-order valence-corrected chi connectivity index (χ4v) is 6.59. The lowest BCUT2D eigenvalue weighted by Crippen LogP contribution is -2.32. The number of hydrogen-bond acceptors (Lipinski definition) is 10. The molecule has 0 aromatic heterocycles. The van der Waals surface area contributed by atoms with Gasteiger partial charge in [0.15, 0.2) is 23.0 Å². The minimum Gasteiger partial charge on any atom is -0.493 e. The summed E-state index contributed by atoms with van der Waals surface area (Å²) < 4.78 is 28.6. The molecule has 0 unspecified atom stereocenters. The number of carbonyl (C=O) groups excluding carboxylic acids is 3. The number of rotatable bonds is 9. The van der Waals surface area contributed by atoms with Gasteiger partial charge < -0.3 is 33.5 Å². The number of esters is 1. The van der Waals surface area contributed by atoms with Crippen molar-refractivity contribution in [2.24, 2.45) is 9.98 Å². The van der Waals surface area contributed by atoms with E-state index < -0.39 is 5.97 Å². The number of amides is 2. The lowest BCUT2D eigenvalue weighted by atomic mass is 10.1. The van der Waals surface area contributed by atoms with E-state index in [-0.39, 0.29) is 37.1 Å². The van der Waals surface area contributed by atoms with Crippen molar-refractivity contribution in [1.82, 2.24) is 9.80 Å². The van der Waals surface area contributed by atoms with E-state index in [0.29, 0.717) is 62.2 Å². The topological polar surface area (TPSA) is 129 Å². The summed E-state index contributed by atoms with van der Waals surface area (Å²) in [7, 11) is 4.33. The second kappa shape index (κ2) is 13.2. The van der Waals surface area contributed by atoms with Gasteiger partial charge in [0.1, 0.15) is 13.2 Å². The Morgan fingerprint density at radius 3 is 1.56 bits per heavy atom. The monoisotopic (exact) mass is 676 g/mol. The summed E-state index contributed by atoms with van der Waals surface area (Å²) in [5, 5.41) is 0. The average Bonchev–Trinajstić information content (AvgIpc) is 3.63. The summed E-state index contributed by atoms with van der Waals surface area (Å²) in [5.41, 5.74) is 5.67. The number of methoxy groups -OCH3 is 3. The van der Waals surface area contributed by atoms with Crippen LogP contribution in [0.1, 0.15) is 68.9 Å². The first-order chi connectivity index (χ1) is 24.1. The normalized spacial score (nSPS) is 18.7. The maximum atomic E-state index is 13.4. The number of ether oxygens (including phenoxy) is 5. The molecule has 12 heteroatoms. The fourth-order valence-electron chi connectivity index (χ4n) is 6.59. The van der Waals surface area contributed by atoms with Gasteiger partial charge in [-0.05, 0) is 68.1 Å². The van der Waals surface area contributed by atoms with E-state index in [1.807, 2.05) is 32.3 Å². The van der Waals surface area contributed by atoms with Crippen molar-refractivity contribution in [3.63, 3.8) is 0 Å². The van der Waals surface area contributed by atoms with Gasteiger partial charge in [-0.3, -0.25) is 19.6 Å². The zero-order valence-electron chi connectivity index (χ0n) is 28.4. The van der Waals surface area contributed by atoms with Crippen molar-refractivity contribution >= 4 is 41.6 Å². The fraction of sp³-hybridized carbons (Fsp3) is 0.289. The Balaban J connectivity index is 1.13. The molecule has 12 nitrogen and oxygen atoms in total. The Bertz CT molecular complexity index is 1910. The number of nitrogens with zero attached hydrogens (tertiary/aromatic N) is 4. The van der Waals surface area contributed by atoms with Crippen LogP contribution in [0.15, 0.2) is 76.0 Å². The molecule has 50 heavy (non-hydrogen) atoms. The molecule has 2 amide bonds. The first-order valence-corrected chi connectivity index (χ1v) is 16.1. The van der Waals surface area contributed by atoms with Crippen molar-refractivity contribution in [3.8, 4) is 23.0 Å². The number of benzene rings is 3. The van der Waals surface area contributed by atoms with E-state index in [1.54, 1.807) is 58.6 Å². The number of carbonyl (C=O) groups is 3. The Labute approximate surface area is 289 Å². The molecule has 0 fully saturated rings. The molecule has 2 atom stereocenters. The zero-order chi connectivity index (χ0) is 35.1. The van der Waals surface area contributed by atoms with Crippen LogP contribution in [0, 0.1) is 0 Å². The molecular weight excluding hydrogens is 640 g/mol. The highest BCUT2D eigenvalue weighted by molar-refractivity contribution is 6.05. The molecule has 3 aromatic carbocycles. The Hall–Kier alpha value is -5.91. The van der Waals surface area contributed by atoms with Crippen LogP contribution in [0.25, 0.3) is 0 Å². The maximum absolute atomic E-state index is 13.4. The summed E-state index contributed by atoms with van der Waals surface area (Å²) in [6.45, 7) is 4.11. The van der Waals surface area contributed by atoms with Crippen LogP contribution in [0.2, 0.25) is 0 Å². The molecule has 0 bridgehead atoms. The van der Waals surface area contributed by atoms with E-state index >= 15 is 0 Å². The van der Waals surface area contributed by atoms with E-state index in [9.17, 15) is 14.4 Å². The minimum absolute atomic E-state index is 0.0614. The minimum atomic E-state index is -0.520. The summed E-state index contributed by atoms with van der Waals surface area (Å²) in [6, 6.07) is 11.6. The number of hydrogen-bond donors (Lipinski definition) is 0. The van der Waals surface area contributed by atoms with Gasteiger partial charge in [0.25, 0.3) is 11.8 Å². The molecule has 0 saturated heterocycles. The SMILES string of the molecule is COC(=O)c1cc(COc2cc3c(cc2OC)C(=O)N2C=C(C)C[C@H]2C=N3)cc(COc2cc3c(cc2OC)C(=O)N2C=C(C)C[C@H]2C=N3)c1. The van der Waals surface area contributed by atoms with Gasteiger partial charge >= 0.3 is 5.97 Å². The van der Waals surface area contributed by atoms with Crippen LogP contribution < -0.4 is 18.9 Å². The van der Waals surface area contributed by atoms with Crippen molar-refractivity contribution in [1.29, 1.82) is 0 Å². The molecule has 0 aliphatic carbocycles. The van der Waals surface area contributed by atoms with Gasteiger partial charge in [-0.2, -0.15) is 0 Å². The molecule has 0 radical (unpaired) electrons. The maximum Gasteiger partial charge on any atom is 0.337 e. The van der Waals surface area contributed by atoms with Crippen molar-refractivity contribution < 1.29 is 38.1 Å². The largest absolute Gasteiger partial charge is 0.493 e. The molecule has 7 rings (SSSR count). The first-order valence-electron chi connectivity index (χ1n) is 16.1. The predicted octanol–water partition coefficient (Wildman–Crippen LogP) is 6.32. The van der Waals surface area contributed by atoms with E-state index in [1.165, 1.54) is 21.3 Å². The first kappa shape index (κ1) is 32.6. The van der Waals surface area contributed by atoms with Gasteiger partial charge in [-0.25, -0.2) is 4.79 Å². The van der Waals surface area contributed by atoms with Crippen LogP contribution in [-0.4, -0.2) is 73.4 Å². The third-order valence-corrected chi connectivity index (χ3v) is 9.02. The highest BCUT2D eigenvalue weighted by Gasteiger charge is 2.33. The molecule has 4 aliphatic rings. The molecule has 0 saturated carbocycles. The van der Waals surface area contributed by atoms with Crippen LogP contribution in [-0.2, 0) is 18.0 Å².